The van der Waals surface area contributed by atoms with Gasteiger partial charge < -0.3 is 15.0 Å². The highest BCUT2D eigenvalue weighted by Crippen LogP contribution is 2.25. The second-order valence-electron chi connectivity index (χ2n) is 7.34. The lowest BCUT2D eigenvalue weighted by Gasteiger charge is -2.30. The van der Waals surface area contributed by atoms with Gasteiger partial charge in [0.05, 0.1) is 7.11 Å². The van der Waals surface area contributed by atoms with E-state index in [-0.39, 0.29) is 23.4 Å². The third-order valence-electron chi connectivity index (χ3n) is 5.43. The normalized spacial score (nSPS) is 18.0. The third-order valence-corrected chi connectivity index (χ3v) is 6.08. The summed E-state index contributed by atoms with van der Waals surface area (Å²) >= 11 is 1.04. The van der Waals surface area contributed by atoms with E-state index in [1.165, 1.54) is 7.11 Å². The Bertz CT molecular complexity index is 901. The Hall–Kier alpha value is -2.81. The minimum absolute atomic E-state index is 0.00595. The summed E-state index contributed by atoms with van der Waals surface area (Å²) in [5.41, 5.74) is 0.509. The number of carbonyl (C=O) groups is 3. The molecule has 160 valence electrons. The van der Waals surface area contributed by atoms with Crippen LogP contribution >= 0.6 is 11.5 Å². The second kappa shape index (κ2) is 9.80. The highest BCUT2D eigenvalue weighted by Gasteiger charge is 2.39. The number of carbonyl (C=O) groups excluding carboxylic acids is 3. The lowest BCUT2D eigenvalue weighted by atomic mass is 9.97. The molecule has 8 nitrogen and oxygen atoms in total. The van der Waals surface area contributed by atoms with Crippen LogP contribution in [-0.4, -0.2) is 57.7 Å². The van der Waals surface area contributed by atoms with Gasteiger partial charge in [-0.2, -0.15) is 9.36 Å². The van der Waals surface area contributed by atoms with Crippen molar-refractivity contribution in [2.45, 2.75) is 45.2 Å². The molecule has 0 radical (unpaired) electrons. The molecule has 30 heavy (non-hydrogen) atoms. The highest BCUT2D eigenvalue weighted by atomic mass is 32.1. The lowest BCUT2D eigenvalue weighted by Crippen LogP contribution is -2.50. The summed E-state index contributed by atoms with van der Waals surface area (Å²) in [6.45, 7) is 4.48. The number of anilines is 1. The number of methoxy groups -OCH3 is 1. The van der Waals surface area contributed by atoms with Crippen LogP contribution in [0.15, 0.2) is 30.3 Å². The van der Waals surface area contributed by atoms with Gasteiger partial charge in [-0.05, 0) is 18.8 Å². The molecule has 1 amide bonds. The SMILES string of the molecule is CC[C@H](C)[C@H](Nc1nc(C(=O)c2ccccc2)ns1)C(=O)N1CCC[C@H]1C(=O)OC. The van der Waals surface area contributed by atoms with E-state index >= 15 is 0 Å². The van der Waals surface area contributed by atoms with E-state index in [1.54, 1.807) is 29.2 Å². The van der Waals surface area contributed by atoms with Crippen LogP contribution in [0.25, 0.3) is 0 Å². The van der Waals surface area contributed by atoms with Gasteiger partial charge in [-0.1, -0.05) is 50.6 Å². The summed E-state index contributed by atoms with van der Waals surface area (Å²) in [6, 6.07) is 7.69. The van der Waals surface area contributed by atoms with Gasteiger partial charge >= 0.3 is 5.97 Å². The Morgan fingerprint density at radius 1 is 1.30 bits per heavy atom. The number of aromatic nitrogens is 2. The first-order valence-electron chi connectivity index (χ1n) is 10.0. The molecule has 1 N–H and O–H groups in total. The summed E-state index contributed by atoms with van der Waals surface area (Å²) in [6.07, 6.45) is 2.11. The Morgan fingerprint density at radius 3 is 2.70 bits per heavy atom. The van der Waals surface area contributed by atoms with Crippen molar-refractivity contribution in [3.05, 3.63) is 41.7 Å². The number of benzene rings is 1. The lowest BCUT2D eigenvalue weighted by molar-refractivity contribution is -0.151. The standard InChI is InChI=1S/C21H26N4O4S/c1-4-13(2)16(19(27)25-12-8-11-15(25)20(28)29-3)22-21-23-18(24-30-21)17(26)14-9-6-5-7-10-14/h5-7,9-10,13,15-16H,4,8,11-12H2,1-3H3,(H,22,23,24)/t13-,15-,16-/m0/s1. The molecule has 0 saturated carbocycles. The van der Waals surface area contributed by atoms with E-state index in [4.69, 9.17) is 4.74 Å². The monoisotopic (exact) mass is 430 g/mol. The zero-order chi connectivity index (χ0) is 21.7. The molecule has 0 aliphatic carbocycles. The van der Waals surface area contributed by atoms with Gasteiger partial charge in [-0.15, -0.1) is 0 Å². The molecule has 0 spiro atoms. The van der Waals surface area contributed by atoms with Gasteiger partial charge in [-0.25, -0.2) is 4.79 Å². The van der Waals surface area contributed by atoms with Crippen LogP contribution in [0, 0.1) is 5.92 Å². The average Bonchev–Trinajstić information content (AvgIpc) is 3.46. The van der Waals surface area contributed by atoms with Crippen LogP contribution < -0.4 is 5.32 Å². The number of likely N-dealkylation sites (tertiary alicyclic amines) is 1. The van der Waals surface area contributed by atoms with Crippen LogP contribution in [0.4, 0.5) is 5.13 Å². The predicted molar refractivity (Wildman–Crippen MR) is 113 cm³/mol. The van der Waals surface area contributed by atoms with E-state index in [9.17, 15) is 14.4 Å². The highest BCUT2D eigenvalue weighted by molar-refractivity contribution is 7.09. The fourth-order valence-corrected chi connectivity index (χ4v) is 4.10. The number of hydrogen-bond acceptors (Lipinski definition) is 8. The van der Waals surface area contributed by atoms with Crippen LogP contribution in [0.1, 0.15) is 49.3 Å². The molecule has 1 saturated heterocycles. The summed E-state index contributed by atoms with van der Waals surface area (Å²) in [5, 5.41) is 3.56. The van der Waals surface area contributed by atoms with E-state index in [0.717, 1.165) is 24.4 Å². The fraction of sp³-hybridized carbons (Fsp3) is 0.476. The molecule has 1 fully saturated rings. The molecule has 3 rings (SSSR count). The van der Waals surface area contributed by atoms with Gasteiger partial charge in [0, 0.05) is 23.6 Å². The van der Waals surface area contributed by atoms with Crippen molar-refractivity contribution in [1.29, 1.82) is 0 Å². The maximum Gasteiger partial charge on any atom is 0.328 e. The van der Waals surface area contributed by atoms with Crippen LogP contribution in [-0.2, 0) is 14.3 Å². The molecular weight excluding hydrogens is 404 g/mol. The molecule has 2 aromatic rings. The van der Waals surface area contributed by atoms with Crippen molar-refractivity contribution in [2.24, 2.45) is 5.92 Å². The van der Waals surface area contributed by atoms with Gasteiger partial charge in [-0.3, -0.25) is 9.59 Å². The topological polar surface area (TPSA) is 101 Å². The molecule has 1 aliphatic heterocycles. The zero-order valence-electron chi connectivity index (χ0n) is 17.3. The maximum atomic E-state index is 13.3. The molecule has 3 atom stereocenters. The van der Waals surface area contributed by atoms with E-state index < -0.39 is 18.1 Å². The van der Waals surface area contributed by atoms with E-state index in [1.807, 2.05) is 19.9 Å². The van der Waals surface area contributed by atoms with Crippen molar-refractivity contribution in [3.8, 4) is 0 Å². The summed E-state index contributed by atoms with van der Waals surface area (Å²) in [7, 11) is 1.33. The smallest absolute Gasteiger partial charge is 0.328 e. The zero-order valence-corrected chi connectivity index (χ0v) is 18.1. The average molecular weight is 431 g/mol. The van der Waals surface area contributed by atoms with Gasteiger partial charge in [0.25, 0.3) is 0 Å². The van der Waals surface area contributed by atoms with E-state index in [0.29, 0.717) is 23.7 Å². The number of nitrogens with zero attached hydrogens (tertiary/aromatic N) is 3. The van der Waals surface area contributed by atoms with E-state index in [2.05, 4.69) is 14.7 Å². The molecule has 0 unspecified atom stereocenters. The van der Waals surface area contributed by atoms with Gasteiger partial charge in [0.15, 0.2) is 0 Å². The van der Waals surface area contributed by atoms with Crippen molar-refractivity contribution in [2.75, 3.05) is 19.0 Å². The maximum absolute atomic E-state index is 13.3. The van der Waals surface area contributed by atoms with Crippen molar-refractivity contribution in [1.82, 2.24) is 14.3 Å². The van der Waals surface area contributed by atoms with Crippen LogP contribution in [0.5, 0.6) is 0 Å². The minimum Gasteiger partial charge on any atom is -0.467 e. The number of nitrogens with one attached hydrogen (secondary N) is 1. The number of ether oxygens (including phenoxy) is 1. The van der Waals surface area contributed by atoms with Crippen molar-refractivity contribution >= 4 is 34.3 Å². The van der Waals surface area contributed by atoms with Gasteiger partial charge in [0.2, 0.25) is 22.6 Å². The Morgan fingerprint density at radius 2 is 2.03 bits per heavy atom. The number of amides is 1. The van der Waals surface area contributed by atoms with Gasteiger partial charge in [0.1, 0.15) is 12.1 Å². The first-order chi connectivity index (χ1) is 14.5. The second-order valence-corrected chi connectivity index (χ2v) is 8.09. The Labute approximate surface area is 179 Å². The Kier molecular flexibility index (Phi) is 7.15. The largest absolute Gasteiger partial charge is 0.467 e. The number of ketones is 1. The third kappa shape index (κ3) is 4.67. The molecule has 9 heteroatoms. The fourth-order valence-electron chi connectivity index (χ4n) is 3.50. The number of rotatable bonds is 8. The van der Waals surface area contributed by atoms with Crippen molar-refractivity contribution in [3.63, 3.8) is 0 Å². The summed E-state index contributed by atoms with van der Waals surface area (Å²) in [5.74, 6) is -0.735. The minimum atomic E-state index is -0.576. The number of esters is 1. The molecule has 1 aromatic heterocycles. The molecule has 1 aliphatic rings. The van der Waals surface area contributed by atoms with Crippen LogP contribution in [0.2, 0.25) is 0 Å². The Balaban J connectivity index is 1.77. The summed E-state index contributed by atoms with van der Waals surface area (Å²) in [4.78, 5) is 43.8. The molecule has 0 bridgehead atoms. The van der Waals surface area contributed by atoms with Crippen LogP contribution in [0.3, 0.4) is 0 Å². The molecule has 1 aromatic carbocycles. The summed E-state index contributed by atoms with van der Waals surface area (Å²) < 4.78 is 9.02. The molecular formula is C21H26N4O4S. The van der Waals surface area contributed by atoms with Crippen molar-refractivity contribution < 1.29 is 19.1 Å². The predicted octanol–water partition coefficient (Wildman–Crippen LogP) is 2.76. The first kappa shape index (κ1) is 21.9. The molecule has 2 heterocycles. The quantitative estimate of drug-likeness (QED) is 0.507. The number of hydrogen-bond donors (Lipinski definition) is 1. The first-order valence-corrected chi connectivity index (χ1v) is 10.8.